The topological polar surface area (TPSA) is 23.5 Å². The highest BCUT2D eigenvalue weighted by atomic mass is 35.5. The zero-order valence-corrected chi connectivity index (χ0v) is 12.6. The van der Waals surface area contributed by atoms with Crippen LogP contribution in [-0.4, -0.2) is 23.3 Å². The standard InChI is InChI=1S/C13H8ClF6NOS/c14-8-3-7(12(15,16)17)5-21(6-8)10-4-9(1-2-11(10)22)23-13(18,19)20/h1-5,22H,6H2. The van der Waals surface area contributed by atoms with Gasteiger partial charge < -0.3 is 10.0 Å². The summed E-state index contributed by atoms with van der Waals surface area (Å²) in [6.07, 6.45) is -3.26. The monoisotopic (exact) mass is 375 g/mol. The molecule has 126 valence electrons. The summed E-state index contributed by atoms with van der Waals surface area (Å²) in [4.78, 5) is 0.680. The maximum Gasteiger partial charge on any atom is 0.446 e. The van der Waals surface area contributed by atoms with Crippen LogP contribution in [0.1, 0.15) is 0 Å². The second-order valence-electron chi connectivity index (χ2n) is 4.50. The first-order valence-electron chi connectivity index (χ1n) is 5.96. The summed E-state index contributed by atoms with van der Waals surface area (Å²) < 4.78 is 75.6. The van der Waals surface area contributed by atoms with Crippen LogP contribution < -0.4 is 4.90 Å². The molecule has 0 saturated heterocycles. The third-order valence-electron chi connectivity index (χ3n) is 2.75. The zero-order chi connectivity index (χ0) is 17.4. The molecule has 23 heavy (non-hydrogen) atoms. The second kappa shape index (κ2) is 6.20. The van der Waals surface area contributed by atoms with Crippen molar-refractivity contribution in [2.75, 3.05) is 11.4 Å². The quantitative estimate of drug-likeness (QED) is 0.553. The van der Waals surface area contributed by atoms with Gasteiger partial charge in [-0.15, -0.1) is 0 Å². The van der Waals surface area contributed by atoms with Gasteiger partial charge in [0.05, 0.1) is 17.8 Å². The Balaban J connectivity index is 2.40. The van der Waals surface area contributed by atoms with E-state index < -0.39 is 34.8 Å². The SMILES string of the molecule is Oc1ccc(SC(F)(F)F)cc1N1C=C(C(F)(F)F)C=C(Cl)C1. The van der Waals surface area contributed by atoms with Gasteiger partial charge in [0.1, 0.15) is 5.75 Å². The second-order valence-corrected chi connectivity index (χ2v) is 6.12. The zero-order valence-electron chi connectivity index (χ0n) is 11.0. The fourth-order valence-electron chi connectivity index (χ4n) is 1.87. The van der Waals surface area contributed by atoms with E-state index in [1.165, 1.54) is 0 Å². The molecule has 0 radical (unpaired) electrons. The number of hydrogen-bond acceptors (Lipinski definition) is 3. The van der Waals surface area contributed by atoms with Gasteiger partial charge in [-0.25, -0.2) is 0 Å². The largest absolute Gasteiger partial charge is 0.506 e. The summed E-state index contributed by atoms with van der Waals surface area (Å²) in [5.41, 5.74) is -5.82. The predicted octanol–water partition coefficient (Wildman–Crippen LogP) is 5.39. The highest BCUT2D eigenvalue weighted by Crippen LogP contribution is 2.42. The van der Waals surface area contributed by atoms with Crippen LogP contribution in [0, 0.1) is 0 Å². The van der Waals surface area contributed by atoms with Crippen molar-refractivity contribution in [1.29, 1.82) is 0 Å². The number of hydrogen-bond donors (Lipinski definition) is 1. The predicted molar refractivity (Wildman–Crippen MR) is 75.4 cm³/mol. The number of allylic oxidation sites excluding steroid dienone is 2. The van der Waals surface area contributed by atoms with Crippen LogP contribution >= 0.6 is 23.4 Å². The molecule has 1 aliphatic heterocycles. The minimum Gasteiger partial charge on any atom is -0.506 e. The number of thioether (sulfide) groups is 1. The van der Waals surface area contributed by atoms with E-state index >= 15 is 0 Å². The molecule has 0 atom stereocenters. The normalized spacial score (nSPS) is 16.2. The highest BCUT2D eigenvalue weighted by Gasteiger charge is 2.35. The molecule has 1 aliphatic rings. The molecule has 0 unspecified atom stereocenters. The summed E-state index contributed by atoms with van der Waals surface area (Å²) in [6, 6.07) is 2.96. The fraction of sp³-hybridized carbons (Fsp3) is 0.231. The van der Waals surface area contributed by atoms with Crippen molar-refractivity contribution in [3.63, 3.8) is 0 Å². The molecule has 1 aromatic carbocycles. The van der Waals surface area contributed by atoms with Crippen molar-refractivity contribution < 1.29 is 31.4 Å². The number of alkyl halides is 6. The van der Waals surface area contributed by atoms with E-state index in [4.69, 9.17) is 11.6 Å². The van der Waals surface area contributed by atoms with Crippen LogP contribution in [-0.2, 0) is 0 Å². The Morgan fingerprint density at radius 2 is 1.78 bits per heavy atom. The third-order valence-corrected chi connectivity index (χ3v) is 3.70. The van der Waals surface area contributed by atoms with Crippen molar-refractivity contribution in [3.05, 3.63) is 41.1 Å². The number of aromatic hydroxyl groups is 1. The number of phenols is 1. The van der Waals surface area contributed by atoms with Crippen LogP contribution in [0.3, 0.4) is 0 Å². The highest BCUT2D eigenvalue weighted by molar-refractivity contribution is 8.00. The van der Waals surface area contributed by atoms with E-state index in [1.54, 1.807) is 0 Å². The summed E-state index contributed by atoms with van der Waals surface area (Å²) in [7, 11) is 0. The van der Waals surface area contributed by atoms with Gasteiger partial charge in [0.2, 0.25) is 0 Å². The van der Waals surface area contributed by atoms with Crippen molar-refractivity contribution in [2.24, 2.45) is 0 Å². The lowest BCUT2D eigenvalue weighted by Crippen LogP contribution is -2.25. The number of nitrogens with zero attached hydrogens (tertiary/aromatic N) is 1. The lowest BCUT2D eigenvalue weighted by atomic mass is 10.1. The summed E-state index contributed by atoms with van der Waals surface area (Å²) in [5.74, 6) is -0.458. The van der Waals surface area contributed by atoms with Crippen LogP contribution in [0.15, 0.2) is 46.0 Å². The van der Waals surface area contributed by atoms with Crippen molar-refractivity contribution in [1.82, 2.24) is 0 Å². The van der Waals surface area contributed by atoms with Gasteiger partial charge in [0.15, 0.2) is 0 Å². The smallest absolute Gasteiger partial charge is 0.446 e. The number of anilines is 1. The average Bonchev–Trinajstić information content (AvgIpc) is 2.37. The lowest BCUT2D eigenvalue weighted by molar-refractivity contribution is -0.0886. The molecule has 1 heterocycles. The Labute approximate surface area is 136 Å². The Hall–Kier alpha value is -1.48. The van der Waals surface area contributed by atoms with Gasteiger partial charge in [-0.1, -0.05) is 11.6 Å². The summed E-state index contributed by atoms with van der Waals surface area (Å²) in [6.45, 7) is -0.200. The Morgan fingerprint density at radius 3 is 2.35 bits per heavy atom. The molecular formula is C13H8ClF6NOS. The molecule has 2 rings (SSSR count). The first-order chi connectivity index (χ1) is 10.5. The van der Waals surface area contributed by atoms with Gasteiger partial charge >= 0.3 is 11.7 Å². The number of benzene rings is 1. The van der Waals surface area contributed by atoms with Crippen LogP contribution in [0.25, 0.3) is 0 Å². The molecule has 0 bridgehead atoms. The van der Waals surface area contributed by atoms with E-state index in [-0.39, 0.29) is 22.2 Å². The minimum absolute atomic E-state index is 0.159. The summed E-state index contributed by atoms with van der Waals surface area (Å²) >= 11 is 5.24. The van der Waals surface area contributed by atoms with Gasteiger partial charge in [-0.2, -0.15) is 26.3 Å². The maximum absolute atomic E-state index is 12.8. The first-order valence-corrected chi connectivity index (χ1v) is 7.15. The van der Waals surface area contributed by atoms with Crippen molar-refractivity contribution >= 4 is 29.1 Å². The van der Waals surface area contributed by atoms with Crippen molar-refractivity contribution in [2.45, 2.75) is 16.6 Å². The van der Waals surface area contributed by atoms with Crippen LogP contribution in [0.4, 0.5) is 32.0 Å². The van der Waals surface area contributed by atoms with E-state index in [2.05, 4.69) is 0 Å². The molecule has 1 aromatic rings. The molecule has 0 aromatic heterocycles. The molecule has 0 spiro atoms. The van der Waals surface area contributed by atoms with Crippen LogP contribution in [0.5, 0.6) is 5.75 Å². The summed E-state index contributed by atoms with van der Waals surface area (Å²) in [5, 5.41) is 9.60. The molecule has 0 saturated carbocycles. The average molecular weight is 376 g/mol. The van der Waals surface area contributed by atoms with E-state index in [0.717, 1.165) is 29.2 Å². The minimum atomic E-state index is -4.67. The van der Waals surface area contributed by atoms with Crippen LogP contribution in [0.2, 0.25) is 0 Å². The van der Waals surface area contributed by atoms with E-state index in [9.17, 15) is 31.4 Å². The molecule has 0 amide bonds. The Kier molecular flexibility index (Phi) is 4.81. The number of phenolic OH excluding ortho intramolecular Hbond substituents is 1. The maximum atomic E-state index is 12.8. The Morgan fingerprint density at radius 1 is 1.13 bits per heavy atom. The third kappa shape index (κ3) is 4.74. The van der Waals surface area contributed by atoms with Gasteiger partial charge in [-0.3, -0.25) is 0 Å². The number of rotatable bonds is 2. The van der Waals surface area contributed by atoms with Crippen molar-refractivity contribution in [3.8, 4) is 5.75 Å². The molecule has 10 heteroatoms. The lowest BCUT2D eigenvalue weighted by Gasteiger charge is -2.27. The Bertz CT molecular complexity index is 667. The first kappa shape index (κ1) is 17.9. The number of halogens is 7. The molecule has 1 N–H and O–H groups in total. The van der Waals surface area contributed by atoms with E-state index in [1.807, 2.05) is 0 Å². The van der Waals surface area contributed by atoms with Gasteiger partial charge in [-0.05, 0) is 36.0 Å². The fourth-order valence-corrected chi connectivity index (χ4v) is 2.69. The van der Waals surface area contributed by atoms with Gasteiger partial charge in [0.25, 0.3) is 0 Å². The molecular weight excluding hydrogens is 368 g/mol. The van der Waals surface area contributed by atoms with Gasteiger partial charge in [0, 0.05) is 16.1 Å². The molecule has 2 nitrogen and oxygen atoms in total. The molecule has 0 aliphatic carbocycles. The molecule has 0 fully saturated rings. The van der Waals surface area contributed by atoms with E-state index in [0.29, 0.717) is 6.20 Å².